The third-order valence-corrected chi connectivity index (χ3v) is 5.64. The highest BCUT2D eigenvalue weighted by molar-refractivity contribution is 5.95. The van der Waals surface area contributed by atoms with Gasteiger partial charge in [-0.15, -0.1) is 5.06 Å². The second kappa shape index (κ2) is 9.67. The van der Waals surface area contributed by atoms with E-state index in [-0.39, 0.29) is 12.0 Å². The largest absolute Gasteiger partial charge is 0.465 e. The Kier molecular flexibility index (Phi) is 7.01. The molecule has 0 bridgehead atoms. The minimum Gasteiger partial charge on any atom is -0.465 e. The van der Waals surface area contributed by atoms with E-state index in [4.69, 9.17) is 4.84 Å². The number of ether oxygens (including phenoxy) is 1. The zero-order chi connectivity index (χ0) is 20.7. The molecule has 0 aromatic heterocycles. The van der Waals surface area contributed by atoms with Gasteiger partial charge in [-0.2, -0.15) is 0 Å². The number of aliphatic hydroxyl groups excluding tert-OH is 1. The van der Waals surface area contributed by atoms with Crippen LogP contribution in [-0.2, 0) is 16.0 Å². The molecule has 1 aliphatic heterocycles. The van der Waals surface area contributed by atoms with Gasteiger partial charge in [0.15, 0.2) is 0 Å². The van der Waals surface area contributed by atoms with Crippen molar-refractivity contribution in [2.24, 2.45) is 5.41 Å². The molecule has 29 heavy (non-hydrogen) atoms. The van der Waals surface area contributed by atoms with Gasteiger partial charge in [0.2, 0.25) is 0 Å². The Hall–Kier alpha value is -2.70. The van der Waals surface area contributed by atoms with Gasteiger partial charge in [-0.05, 0) is 54.9 Å². The fourth-order valence-corrected chi connectivity index (χ4v) is 3.65. The first-order valence-corrected chi connectivity index (χ1v) is 9.86. The van der Waals surface area contributed by atoms with E-state index in [0.717, 1.165) is 25.7 Å². The predicted octanol–water partition coefficient (Wildman–Crippen LogP) is 3.25. The Balaban J connectivity index is 1.54. The number of aryl methyl sites for hydroxylation is 1. The summed E-state index contributed by atoms with van der Waals surface area (Å²) in [6, 6.07) is 16.5. The van der Waals surface area contributed by atoms with Crippen LogP contribution in [0.4, 0.5) is 0 Å². The summed E-state index contributed by atoms with van der Waals surface area (Å²) in [6.07, 6.45) is 3.33. The Morgan fingerprint density at radius 3 is 2.28 bits per heavy atom. The maximum atomic E-state index is 12.5. The molecule has 6 nitrogen and oxygen atoms in total. The number of methoxy groups -OCH3 is 1. The summed E-state index contributed by atoms with van der Waals surface area (Å²) in [5.41, 5.74) is 1.72. The highest BCUT2D eigenvalue weighted by atomic mass is 16.7. The molecule has 0 aliphatic carbocycles. The second-order valence-electron chi connectivity index (χ2n) is 7.52. The minimum absolute atomic E-state index is 0.128. The van der Waals surface area contributed by atoms with Crippen molar-refractivity contribution >= 4 is 11.9 Å². The molecular weight excluding hydrogens is 370 g/mol. The van der Waals surface area contributed by atoms with Gasteiger partial charge in [-0.25, -0.2) is 9.59 Å². The summed E-state index contributed by atoms with van der Waals surface area (Å²) >= 11 is 0. The summed E-state index contributed by atoms with van der Waals surface area (Å²) in [7, 11) is 1.30. The van der Waals surface area contributed by atoms with Crippen LogP contribution in [0.3, 0.4) is 0 Å². The van der Waals surface area contributed by atoms with Crippen LogP contribution in [0.15, 0.2) is 54.6 Å². The smallest absolute Gasteiger partial charge is 0.357 e. The molecule has 1 fully saturated rings. The third kappa shape index (κ3) is 5.43. The number of hydroxylamine groups is 2. The lowest BCUT2D eigenvalue weighted by molar-refractivity contribution is -0.142. The van der Waals surface area contributed by atoms with Crippen molar-refractivity contribution in [2.45, 2.75) is 25.7 Å². The quantitative estimate of drug-likeness (QED) is 0.723. The van der Waals surface area contributed by atoms with Crippen LogP contribution in [0.5, 0.6) is 0 Å². The molecule has 0 amide bonds. The number of hydrogen-bond donors (Lipinski definition) is 1. The fraction of sp³-hybridized carbons (Fsp3) is 0.391. The van der Waals surface area contributed by atoms with Crippen molar-refractivity contribution in [2.75, 3.05) is 26.8 Å². The Labute approximate surface area is 171 Å². The topological polar surface area (TPSA) is 76.1 Å². The van der Waals surface area contributed by atoms with Gasteiger partial charge in [0.1, 0.15) is 0 Å². The van der Waals surface area contributed by atoms with Gasteiger partial charge in [0.05, 0.1) is 18.2 Å². The van der Waals surface area contributed by atoms with Crippen LogP contribution in [-0.4, -0.2) is 48.9 Å². The Morgan fingerprint density at radius 1 is 1.00 bits per heavy atom. The van der Waals surface area contributed by atoms with Crippen LogP contribution in [0, 0.1) is 5.41 Å². The van der Waals surface area contributed by atoms with Crippen LogP contribution >= 0.6 is 0 Å². The van der Waals surface area contributed by atoms with Crippen LogP contribution < -0.4 is 0 Å². The van der Waals surface area contributed by atoms with E-state index in [1.807, 2.05) is 18.2 Å². The zero-order valence-corrected chi connectivity index (χ0v) is 16.7. The first-order valence-electron chi connectivity index (χ1n) is 9.86. The van der Waals surface area contributed by atoms with Gasteiger partial charge < -0.3 is 14.7 Å². The van der Waals surface area contributed by atoms with Gasteiger partial charge in [0, 0.05) is 19.7 Å². The zero-order valence-electron chi connectivity index (χ0n) is 16.7. The van der Waals surface area contributed by atoms with E-state index in [9.17, 15) is 14.7 Å². The van der Waals surface area contributed by atoms with Gasteiger partial charge >= 0.3 is 11.9 Å². The summed E-state index contributed by atoms with van der Waals surface area (Å²) < 4.78 is 4.69. The average Bonchev–Trinajstić information content (AvgIpc) is 2.79. The number of benzene rings is 2. The first kappa shape index (κ1) is 21.0. The molecule has 1 saturated heterocycles. The molecule has 0 unspecified atom stereocenters. The Morgan fingerprint density at radius 2 is 1.66 bits per heavy atom. The molecule has 0 radical (unpaired) electrons. The number of piperidine rings is 1. The maximum Gasteiger partial charge on any atom is 0.357 e. The second-order valence-corrected chi connectivity index (χ2v) is 7.52. The number of rotatable bonds is 7. The summed E-state index contributed by atoms with van der Waals surface area (Å²) in [4.78, 5) is 29.6. The number of aliphatic hydroxyl groups is 1. The first-order chi connectivity index (χ1) is 14.0. The minimum atomic E-state index is -0.503. The number of carbonyl (C=O) groups excluding carboxylic acids is 2. The van der Waals surface area contributed by atoms with Crippen molar-refractivity contribution in [3.63, 3.8) is 0 Å². The van der Waals surface area contributed by atoms with Crippen LogP contribution in [0.25, 0.3) is 0 Å². The molecule has 0 spiro atoms. The molecule has 6 heteroatoms. The lowest BCUT2D eigenvalue weighted by Gasteiger charge is -2.39. The predicted molar refractivity (Wildman–Crippen MR) is 108 cm³/mol. The monoisotopic (exact) mass is 397 g/mol. The fourth-order valence-electron chi connectivity index (χ4n) is 3.65. The number of carbonyl (C=O) groups is 2. The standard InChI is InChI=1S/C23H27NO5/c1-28-21(26)19-8-5-9-20(16-19)22(27)29-24-14-12-23(17-25,13-15-24)11-10-18-6-3-2-4-7-18/h2-9,16,25H,10-15,17H2,1H3. The van der Waals surface area contributed by atoms with E-state index >= 15 is 0 Å². The van der Waals surface area contributed by atoms with Crippen molar-refractivity contribution in [1.82, 2.24) is 5.06 Å². The van der Waals surface area contributed by atoms with E-state index < -0.39 is 11.9 Å². The molecule has 2 aromatic carbocycles. The van der Waals surface area contributed by atoms with E-state index in [0.29, 0.717) is 24.2 Å². The van der Waals surface area contributed by atoms with E-state index in [1.54, 1.807) is 23.3 Å². The number of hydrogen-bond acceptors (Lipinski definition) is 6. The normalized spacial score (nSPS) is 16.2. The third-order valence-electron chi connectivity index (χ3n) is 5.64. The molecule has 0 saturated carbocycles. The highest BCUT2D eigenvalue weighted by Crippen LogP contribution is 2.36. The number of nitrogens with zero attached hydrogens (tertiary/aromatic N) is 1. The molecule has 1 N–H and O–H groups in total. The van der Waals surface area contributed by atoms with Gasteiger partial charge in [-0.3, -0.25) is 0 Å². The van der Waals surface area contributed by atoms with Crippen molar-refractivity contribution in [1.29, 1.82) is 0 Å². The molecule has 1 aliphatic rings. The molecule has 3 rings (SSSR count). The molecule has 1 heterocycles. The lowest BCUT2D eigenvalue weighted by Crippen LogP contribution is -2.43. The molecule has 154 valence electrons. The lowest BCUT2D eigenvalue weighted by atomic mass is 9.75. The van der Waals surface area contributed by atoms with Crippen molar-refractivity contribution in [3.8, 4) is 0 Å². The average molecular weight is 397 g/mol. The number of esters is 1. The van der Waals surface area contributed by atoms with E-state index in [1.165, 1.54) is 18.7 Å². The highest BCUT2D eigenvalue weighted by Gasteiger charge is 2.35. The van der Waals surface area contributed by atoms with Crippen molar-refractivity contribution in [3.05, 3.63) is 71.3 Å². The Bertz CT molecular complexity index is 828. The van der Waals surface area contributed by atoms with Crippen molar-refractivity contribution < 1.29 is 24.3 Å². The summed E-state index contributed by atoms with van der Waals surface area (Å²) in [5, 5.41) is 11.6. The SMILES string of the molecule is COC(=O)c1cccc(C(=O)ON2CCC(CO)(CCc3ccccc3)CC2)c1. The maximum absolute atomic E-state index is 12.5. The van der Waals surface area contributed by atoms with Gasteiger partial charge in [0.25, 0.3) is 0 Å². The molecule has 2 aromatic rings. The van der Waals surface area contributed by atoms with E-state index in [2.05, 4.69) is 16.9 Å². The van der Waals surface area contributed by atoms with Crippen LogP contribution in [0.2, 0.25) is 0 Å². The molecule has 0 atom stereocenters. The van der Waals surface area contributed by atoms with Crippen LogP contribution in [0.1, 0.15) is 45.5 Å². The molecular formula is C23H27NO5. The summed E-state index contributed by atoms with van der Waals surface area (Å²) in [5.74, 6) is -1.000. The van der Waals surface area contributed by atoms with Gasteiger partial charge in [-0.1, -0.05) is 36.4 Å². The summed E-state index contributed by atoms with van der Waals surface area (Å²) in [6.45, 7) is 1.26.